The Bertz CT molecular complexity index is 330. The van der Waals surface area contributed by atoms with Gasteiger partial charge in [0.25, 0.3) is 0 Å². The van der Waals surface area contributed by atoms with Crippen LogP contribution in [-0.4, -0.2) is 17.1 Å². The van der Waals surface area contributed by atoms with E-state index in [0.29, 0.717) is 21.7 Å². The molecule has 0 unspecified atom stereocenters. The van der Waals surface area contributed by atoms with Crippen molar-refractivity contribution in [3.05, 3.63) is 21.7 Å². The lowest BCUT2D eigenvalue weighted by Crippen LogP contribution is -2.23. The molecule has 0 saturated heterocycles. The van der Waals surface area contributed by atoms with Gasteiger partial charge in [-0.1, -0.05) is 23.2 Å². The number of hydrogen-bond donors (Lipinski definition) is 0. The van der Waals surface area contributed by atoms with E-state index in [1.54, 1.807) is 14.0 Å². The van der Waals surface area contributed by atoms with E-state index < -0.39 is 5.60 Å². The van der Waals surface area contributed by atoms with Crippen molar-refractivity contribution in [3.8, 4) is 0 Å². The second-order valence-electron chi connectivity index (χ2n) is 3.47. The molecule has 0 aromatic carbocycles. The van der Waals surface area contributed by atoms with Crippen LogP contribution in [0.1, 0.15) is 25.2 Å². The lowest BCUT2D eigenvalue weighted by atomic mass is 10.1. The van der Waals surface area contributed by atoms with E-state index >= 15 is 0 Å². The van der Waals surface area contributed by atoms with Gasteiger partial charge >= 0.3 is 0 Å². The summed E-state index contributed by atoms with van der Waals surface area (Å²) in [5, 5.41) is 0.732. The summed E-state index contributed by atoms with van der Waals surface area (Å²) in [5.74, 6) is 0.487. The first-order valence-corrected chi connectivity index (χ1v) is 4.89. The fourth-order valence-electron chi connectivity index (χ4n) is 0.824. The topological polar surface area (TPSA) is 35.0 Å². The van der Waals surface area contributed by atoms with Gasteiger partial charge in [0.2, 0.25) is 0 Å². The van der Waals surface area contributed by atoms with Crippen LogP contribution >= 0.6 is 23.2 Å². The third-order valence-electron chi connectivity index (χ3n) is 2.08. The number of ether oxygens (including phenoxy) is 1. The van der Waals surface area contributed by atoms with Crippen molar-refractivity contribution >= 4 is 23.2 Å². The predicted molar refractivity (Wildman–Crippen MR) is 56.8 cm³/mol. The molecule has 0 spiro atoms. The van der Waals surface area contributed by atoms with E-state index in [1.807, 2.05) is 13.8 Å². The van der Waals surface area contributed by atoms with Crippen LogP contribution in [0.2, 0.25) is 10.3 Å². The summed E-state index contributed by atoms with van der Waals surface area (Å²) >= 11 is 11.8. The average molecular weight is 235 g/mol. The van der Waals surface area contributed by atoms with E-state index in [1.165, 1.54) is 0 Å². The molecule has 0 aliphatic heterocycles. The highest BCUT2D eigenvalue weighted by Gasteiger charge is 2.24. The quantitative estimate of drug-likeness (QED) is 0.739. The van der Waals surface area contributed by atoms with Crippen molar-refractivity contribution in [1.82, 2.24) is 9.97 Å². The van der Waals surface area contributed by atoms with Gasteiger partial charge in [-0.25, -0.2) is 9.97 Å². The van der Waals surface area contributed by atoms with Crippen molar-refractivity contribution in [1.29, 1.82) is 0 Å². The van der Waals surface area contributed by atoms with Crippen molar-refractivity contribution in [3.63, 3.8) is 0 Å². The normalized spacial score (nSPS) is 11.9. The molecule has 0 bridgehead atoms. The van der Waals surface area contributed by atoms with Gasteiger partial charge in [0.1, 0.15) is 15.9 Å². The fourth-order valence-corrected chi connectivity index (χ4v) is 1.21. The molecule has 1 heterocycles. The Morgan fingerprint density at radius 3 is 1.93 bits per heavy atom. The number of halogens is 2. The minimum Gasteiger partial charge on any atom is -0.371 e. The van der Waals surface area contributed by atoms with Gasteiger partial charge in [-0.15, -0.1) is 0 Å². The molecular weight excluding hydrogens is 223 g/mol. The molecule has 0 saturated carbocycles. The molecule has 0 amide bonds. The SMILES string of the molecule is COC(C)(C)c1nc(Cl)c(C)c(Cl)n1. The minimum absolute atomic E-state index is 0.366. The average Bonchev–Trinajstić information content (AvgIpc) is 2.13. The molecule has 1 aromatic rings. The second-order valence-corrected chi connectivity index (χ2v) is 4.18. The summed E-state index contributed by atoms with van der Waals surface area (Å²) in [6.07, 6.45) is 0. The second kappa shape index (κ2) is 4.01. The fraction of sp³-hybridized carbons (Fsp3) is 0.556. The van der Waals surface area contributed by atoms with Crippen LogP contribution in [0.15, 0.2) is 0 Å². The molecule has 14 heavy (non-hydrogen) atoms. The van der Waals surface area contributed by atoms with Crippen molar-refractivity contribution < 1.29 is 4.74 Å². The molecule has 0 radical (unpaired) electrons. The first-order valence-electron chi connectivity index (χ1n) is 4.13. The van der Waals surface area contributed by atoms with Gasteiger partial charge < -0.3 is 4.74 Å². The zero-order valence-electron chi connectivity index (χ0n) is 8.56. The van der Waals surface area contributed by atoms with Gasteiger partial charge in [-0.05, 0) is 20.8 Å². The molecule has 0 aliphatic carbocycles. The Morgan fingerprint density at radius 2 is 1.57 bits per heavy atom. The first-order chi connectivity index (χ1) is 6.38. The lowest BCUT2D eigenvalue weighted by molar-refractivity contribution is 0.0114. The Morgan fingerprint density at radius 1 is 1.14 bits per heavy atom. The van der Waals surface area contributed by atoms with Crippen LogP contribution in [0.25, 0.3) is 0 Å². The van der Waals surface area contributed by atoms with Crippen molar-refractivity contribution in [2.24, 2.45) is 0 Å². The molecule has 1 aromatic heterocycles. The van der Waals surface area contributed by atoms with E-state index in [0.717, 1.165) is 0 Å². The summed E-state index contributed by atoms with van der Waals surface area (Å²) in [6, 6.07) is 0. The van der Waals surface area contributed by atoms with Crippen LogP contribution in [0.3, 0.4) is 0 Å². The number of nitrogens with zero attached hydrogens (tertiary/aromatic N) is 2. The van der Waals surface area contributed by atoms with Gasteiger partial charge in [-0.3, -0.25) is 0 Å². The summed E-state index contributed by atoms with van der Waals surface area (Å²) in [5.41, 5.74) is 0.102. The maximum absolute atomic E-state index is 5.89. The smallest absolute Gasteiger partial charge is 0.163 e. The maximum Gasteiger partial charge on any atom is 0.163 e. The van der Waals surface area contributed by atoms with E-state index in [4.69, 9.17) is 27.9 Å². The van der Waals surface area contributed by atoms with Crippen LogP contribution in [0.5, 0.6) is 0 Å². The van der Waals surface area contributed by atoms with E-state index in [-0.39, 0.29) is 0 Å². The summed E-state index contributed by atoms with van der Waals surface area (Å²) < 4.78 is 5.23. The van der Waals surface area contributed by atoms with Crippen LogP contribution in [0, 0.1) is 6.92 Å². The third kappa shape index (κ3) is 2.16. The van der Waals surface area contributed by atoms with Crippen LogP contribution < -0.4 is 0 Å². The van der Waals surface area contributed by atoms with Crippen molar-refractivity contribution in [2.75, 3.05) is 7.11 Å². The molecule has 0 aliphatic rings. The van der Waals surface area contributed by atoms with Crippen LogP contribution in [0.4, 0.5) is 0 Å². The number of rotatable bonds is 2. The molecule has 78 valence electrons. The van der Waals surface area contributed by atoms with Gasteiger partial charge in [0.15, 0.2) is 5.82 Å². The zero-order valence-corrected chi connectivity index (χ0v) is 10.1. The highest BCUT2D eigenvalue weighted by molar-refractivity contribution is 6.34. The van der Waals surface area contributed by atoms with E-state index in [2.05, 4.69) is 9.97 Å². The largest absolute Gasteiger partial charge is 0.371 e. The lowest BCUT2D eigenvalue weighted by Gasteiger charge is -2.21. The highest BCUT2D eigenvalue weighted by atomic mass is 35.5. The number of aromatic nitrogens is 2. The Hall–Kier alpha value is -0.380. The van der Waals surface area contributed by atoms with E-state index in [9.17, 15) is 0 Å². The molecule has 0 N–H and O–H groups in total. The predicted octanol–water partition coefficient (Wildman–Crippen LogP) is 2.97. The van der Waals surface area contributed by atoms with Gasteiger partial charge in [0, 0.05) is 12.7 Å². The monoisotopic (exact) mass is 234 g/mol. The summed E-state index contributed by atoms with van der Waals surface area (Å²) in [7, 11) is 1.59. The Kier molecular flexibility index (Phi) is 3.35. The number of methoxy groups -OCH3 is 1. The maximum atomic E-state index is 5.89. The summed E-state index contributed by atoms with van der Waals surface area (Å²) in [4.78, 5) is 8.24. The molecule has 5 heteroatoms. The number of hydrogen-bond acceptors (Lipinski definition) is 3. The summed E-state index contributed by atoms with van der Waals surface area (Å²) in [6.45, 7) is 5.48. The zero-order chi connectivity index (χ0) is 10.9. The molecule has 0 fully saturated rings. The standard InChI is InChI=1S/C9H12Cl2N2O/c1-5-6(10)12-8(13-7(5)11)9(2,3)14-4/h1-4H3. The molecule has 0 atom stereocenters. The Balaban J connectivity index is 3.26. The van der Waals surface area contributed by atoms with Crippen LogP contribution in [-0.2, 0) is 10.3 Å². The minimum atomic E-state index is -0.582. The highest BCUT2D eigenvalue weighted by Crippen LogP contribution is 2.26. The molecule has 1 rings (SSSR count). The van der Waals surface area contributed by atoms with Gasteiger partial charge in [-0.2, -0.15) is 0 Å². The van der Waals surface area contributed by atoms with Crippen molar-refractivity contribution in [2.45, 2.75) is 26.4 Å². The molecular formula is C9H12Cl2N2O. The third-order valence-corrected chi connectivity index (χ3v) is 2.81. The molecule has 3 nitrogen and oxygen atoms in total. The Labute approximate surface area is 93.4 Å². The van der Waals surface area contributed by atoms with Gasteiger partial charge in [0.05, 0.1) is 0 Å². The first kappa shape index (κ1) is 11.7.